The van der Waals surface area contributed by atoms with Crippen LogP contribution in [0.4, 0.5) is 29.5 Å². The molecule has 3 amide bonds. The maximum Gasteiger partial charge on any atom is 0.319 e. The van der Waals surface area contributed by atoms with Crippen LogP contribution in [0.5, 0.6) is 17.2 Å². The van der Waals surface area contributed by atoms with Crippen LogP contribution in [0.3, 0.4) is 0 Å². The molecule has 0 radical (unpaired) electrons. The molecule has 2 aromatic carbocycles. The van der Waals surface area contributed by atoms with Crippen molar-refractivity contribution in [1.29, 1.82) is 0 Å². The lowest BCUT2D eigenvalue weighted by molar-refractivity contribution is -0.116. The first-order chi connectivity index (χ1) is 17.4. The smallest absolute Gasteiger partial charge is 0.319 e. The number of amides is 3. The number of nitrogens with zero attached hydrogens (tertiary/aromatic N) is 1. The summed E-state index contributed by atoms with van der Waals surface area (Å²) in [6, 6.07) is 7.58. The van der Waals surface area contributed by atoms with Gasteiger partial charge in [-0.25, -0.2) is 22.9 Å². The van der Waals surface area contributed by atoms with Crippen LogP contribution in [-0.2, 0) is 11.2 Å². The zero-order valence-electron chi connectivity index (χ0n) is 18.6. The molecule has 1 fully saturated rings. The fourth-order valence-corrected chi connectivity index (χ4v) is 4.76. The molecule has 2 aliphatic heterocycles. The van der Waals surface area contributed by atoms with Gasteiger partial charge in [-0.05, 0) is 30.7 Å². The number of pyridine rings is 1. The third kappa shape index (κ3) is 3.96. The van der Waals surface area contributed by atoms with Crippen molar-refractivity contribution < 1.29 is 32.2 Å². The van der Waals surface area contributed by atoms with Crippen LogP contribution in [-0.4, -0.2) is 29.6 Å². The molecule has 3 heterocycles. The maximum absolute atomic E-state index is 13.8. The molecule has 3 unspecified atom stereocenters. The average Bonchev–Trinajstić information content (AvgIpc) is 3.40. The molecular formula is C25H19F3N4O4. The Morgan fingerprint density at radius 2 is 2.03 bits per heavy atom. The van der Waals surface area contributed by atoms with Gasteiger partial charge in [-0.15, -0.1) is 0 Å². The number of benzene rings is 2. The van der Waals surface area contributed by atoms with Crippen molar-refractivity contribution >= 4 is 23.4 Å². The number of carbonyl (C=O) groups is 2. The van der Waals surface area contributed by atoms with Gasteiger partial charge in [-0.3, -0.25) is 4.79 Å². The number of halogens is 3. The Balaban J connectivity index is 1.10. The highest BCUT2D eigenvalue weighted by molar-refractivity contribution is 5.93. The summed E-state index contributed by atoms with van der Waals surface area (Å²) in [5, 5.41) is 7.47. The molecule has 3 N–H and O–H groups in total. The second-order valence-corrected chi connectivity index (χ2v) is 8.84. The van der Waals surface area contributed by atoms with E-state index in [0.29, 0.717) is 42.3 Å². The Bertz CT molecular complexity index is 1420. The first-order valence-corrected chi connectivity index (χ1v) is 11.3. The molecule has 0 saturated heterocycles. The number of anilines is 2. The van der Waals surface area contributed by atoms with Crippen LogP contribution in [0.15, 0.2) is 42.6 Å². The van der Waals surface area contributed by atoms with Gasteiger partial charge in [0.1, 0.15) is 35.0 Å². The summed E-state index contributed by atoms with van der Waals surface area (Å²) in [4.78, 5) is 28.0. The lowest BCUT2D eigenvalue weighted by atomic mass is 10.1. The molecule has 184 valence electrons. The normalized spacial score (nSPS) is 20.9. The quantitative estimate of drug-likeness (QED) is 0.453. The standard InChI is InChI=1S/C25H19F3N4O4/c26-11-7-16(27)22(28)17(8-11)31-25(34)30-10-15-21-14-9-12(1-3-18(14)36-23(15)21)35-19-5-6-29-24-13(19)2-4-20(33)32-24/h1,3,5-9,15,21,23H,2,4,10H2,(H,29,32,33)(H2,30,31,34). The van der Waals surface area contributed by atoms with E-state index in [1.54, 1.807) is 18.3 Å². The molecule has 36 heavy (non-hydrogen) atoms. The van der Waals surface area contributed by atoms with Crippen LogP contribution >= 0.6 is 0 Å². The zero-order valence-corrected chi connectivity index (χ0v) is 18.6. The molecule has 1 aliphatic carbocycles. The Morgan fingerprint density at radius 3 is 2.89 bits per heavy atom. The minimum Gasteiger partial charge on any atom is -0.489 e. The lowest BCUT2D eigenvalue weighted by Gasteiger charge is -2.19. The minimum absolute atomic E-state index is 0.0171. The molecule has 1 saturated carbocycles. The summed E-state index contributed by atoms with van der Waals surface area (Å²) in [5.41, 5.74) is 1.20. The SMILES string of the molecule is O=C1CCc2c(Oc3ccc4c(c3)C3C(CNC(=O)Nc5cc(F)cc(F)c5F)C3O4)ccnc2N1. The number of fused-ring (bicyclic) bond motifs is 4. The predicted octanol–water partition coefficient (Wildman–Crippen LogP) is 4.47. The highest BCUT2D eigenvalue weighted by atomic mass is 19.2. The van der Waals surface area contributed by atoms with Gasteiger partial charge in [0, 0.05) is 54.3 Å². The molecule has 0 spiro atoms. The molecule has 8 nitrogen and oxygen atoms in total. The predicted molar refractivity (Wildman–Crippen MR) is 122 cm³/mol. The molecular weight excluding hydrogens is 477 g/mol. The lowest BCUT2D eigenvalue weighted by Crippen LogP contribution is -2.32. The third-order valence-corrected chi connectivity index (χ3v) is 6.54. The van der Waals surface area contributed by atoms with Crippen LogP contribution in [0.1, 0.15) is 23.5 Å². The van der Waals surface area contributed by atoms with Gasteiger partial charge in [0.25, 0.3) is 0 Å². The van der Waals surface area contributed by atoms with Crippen molar-refractivity contribution in [3.05, 3.63) is 71.2 Å². The Hall–Kier alpha value is -4.28. The Labute approximate surface area is 202 Å². The van der Waals surface area contributed by atoms with E-state index >= 15 is 0 Å². The number of urea groups is 1. The summed E-state index contributed by atoms with van der Waals surface area (Å²) >= 11 is 0. The second-order valence-electron chi connectivity index (χ2n) is 8.84. The number of ether oxygens (including phenoxy) is 2. The molecule has 3 aromatic rings. The molecule has 1 aromatic heterocycles. The van der Waals surface area contributed by atoms with Gasteiger partial charge in [-0.2, -0.15) is 0 Å². The van der Waals surface area contributed by atoms with E-state index in [1.807, 2.05) is 12.1 Å². The van der Waals surface area contributed by atoms with E-state index < -0.39 is 29.2 Å². The number of rotatable bonds is 5. The van der Waals surface area contributed by atoms with E-state index in [2.05, 4.69) is 20.9 Å². The van der Waals surface area contributed by atoms with Gasteiger partial charge in [0.05, 0.1) is 5.69 Å². The topological polar surface area (TPSA) is 102 Å². The Kier molecular flexibility index (Phi) is 5.20. The summed E-state index contributed by atoms with van der Waals surface area (Å²) in [5.74, 6) is -1.33. The fraction of sp³-hybridized carbons (Fsp3) is 0.240. The average molecular weight is 496 g/mol. The zero-order chi connectivity index (χ0) is 25.0. The van der Waals surface area contributed by atoms with Crippen LogP contribution in [0.25, 0.3) is 0 Å². The van der Waals surface area contributed by atoms with E-state index in [1.165, 1.54) is 0 Å². The van der Waals surface area contributed by atoms with Crippen molar-refractivity contribution in [2.45, 2.75) is 24.9 Å². The maximum atomic E-state index is 13.8. The van der Waals surface area contributed by atoms with Crippen molar-refractivity contribution in [2.75, 3.05) is 17.2 Å². The minimum atomic E-state index is -1.39. The molecule has 6 rings (SSSR count). The monoisotopic (exact) mass is 496 g/mol. The molecule has 3 atom stereocenters. The number of hydrogen-bond donors (Lipinski definition) is 3. The van der Waals surface area contributed by atoms with Crippen molar-refractivity contribution in [3.8, 4) is 17.2 Å². The number of nitrogens with one attached hydrogen (secondary N) is 3. The summed E-state index contributed by atoms with van der Waals surface area (Å²) in [6.45, 7) is 0.225. The molecule has 0 bridgehead atoms. The second kappa shape index (κ2) is 8.43. The largest absolute Gasteiger partial charge is 0.489 e. The number of hydrogen-bond acceptors (Lipinski definition) is 5. The molecule has 3 aliphatic rings. The van der Waals surface area contributed by atoms with E-state index in [-0.39, 0.29) is 30.4 Å². The first kappa shape index (κ1) is 22.2. The van der Waals surface area contributed by atoms with Gasteiger partial charge < -0.3 is 25.4 Å². The van der Waals surface area contributed by atoms with Gasteiger partial charge in [0.15, 0.2) is 11.6 Å². The van der Waals surface area contributed by atoms with Crippen molar-refractivity contribution in [1.82, 2.24) is 10.3 Å². The van der Waals surface area contributed by atoms with Crippen molar-refractivity contribution in [3.63, 3.8) is 0 Å². The van der Waals surface area contributed by atoms with E-state index in [9.17, 15) is 22.8 Å². The third-order valence-electron chi connectivity index (χ3n) is 6.54. The van der Waals surface area contributed by atoms with E-state index in [4.69, 9.17) is 9.47 Å². The van der Waals surface area contributed by atoms with Gasteiger partial charge >= 0.3 is 6.03 Å². The number of carbonyl (C=O) groups excluding carboxylic acids is 2. The number of aromatic nitrogens is 1. The van der Waals surface area contributed by atoms with Crippen LogP contribution in [0.2, 0.25) is 0 Å². The van der Waals surface area contributed by atoms with E-state index in [0.717, 1.165) is 16.9 Å². The summed E-state index contributed by atoms with van der Waals surface area (Å²) < 4.78 is 52.5. The van der Waals surface area contributed by atoms with Gasteiger partial charge in [-0.1, -0.05) is 0 Å². The first-order valence-electron chi connectivity index (χ1n) is 11.3. The summed E-state index contributed by atoms with van der Waals surface area (Å²) in [7, 11) is 0. The highest BCUT2D eigenvalue weighted by Crippen LogP contribution is 2.58. The fourth-order valence-electron chi connectivity index (χ4n) is 4.76. The van der Waals surface area contributed by atoms with Crippen LogP contribution < -0.4 is 25.4 Å². The Morgan fingerprint density at radius 1 is 1.17 bits per heavy atom. The summed E-state index contributed by atoms with van der Waals surface area (Å²) in [6.07, 6.45) is 2.34. The van der Waals surface area contributed by atoms with Crippen molar-refractivity contribution in [2.24, 2.45) is 5.92 Å². The molecule has 11 heteroatoms. The van der Waals surface area contributed by atoms with Crippen LogP contribution in [0, 0.1) is 23.4 Å². The highest BCUT2D eigenvalue weighted by Gasteiger charge is 2.58. The van der Waals surface area contributed by atoms with Gasteiger partial charge in [0.2, 0.25) is 5.91 Å².